The Morgan fingerprint density at radius 3 is 2.75 bits per heavy atom. The molecule has 0 N–H and O–H groups in total. The van der Waals surface area contributed by atoms with Crippen LogP contribution in [0.5, 0.6) is 5.75 Å². The van der Waals surface area contributed by atoms with Gasteiger partial charge in [0.25, 0.3) is 0 Å². The molecule has 0 saturated carbocycles. The minimum atomic E-state index is 0.752. The summed E-state index contributed by atoms with van der Waals surface area (Å²) in [4.78, 5) is 4.67. The number of benzene rings is 2. The maximum Gasteiger partial charge on any atom is 0.181 e. The first-order chi connectivity index (χ1) is 9.85. The Hall–Kier alpha value is -2.62. The summed E-state index contributed by atoms with van der Waals surface area (Å²) in [6, 6.07) is 16.1. The molecule has 2 aromatic carbocycles. The fourth-order valence-corrected chi connectivity index (χ4v) is 2.57. The van der Waals surface area contributed by atoms with Crippen molar-refractivity contribution in [3.63, 3.8) is 0 Å². The number of methoxy groups -OCH3 is 1. The standard InChI is InChI=1S/C16H13N3O/c1-20-13-7-8-14-12(9-13)10-19-16(14)17-15(18-19)11-5-3-2-4-6-11/h2-9H,10H2,1H3. The Morgan fingerprint density at radius 1 is 1.10 bits per heavy atom. The SMILES string of the molecule is COc1ccc2c(c1)Cn1nc(-c3ccccc3)nc1-2. The van der Waals surface area contributed by atoms with Gasteiger partial charge in [-0.3, -0.25) is 0 Å². The smallest absolute Gasteiger partial charge is 0.181 e. The van der Waals surface area contributed by atoms with Crippen LogP contribution >= 0.6 is 0 Å². The Labute approximate surface area is 116 Å². The molecule has 0 fully saturated rings. The van der Waals surface area contributed by atoms with Gasteiger partial charge < -0.3 is 4.74 Å². The van der Waals surface area contributed by atoms with Crippen LogP contribution in [-0.2, 0) is 6.54 Å². The molecule has 1 aromatic heterocycles. The van der Waals surface area contributed by atoms with E-state index in [0.29, 0.717) is 0 Å². The van der Waals surface area contributed by atoms with Crippen molar-refractivity contribution in [3.8, 4) is 28.5 Å². The molecule has 0 saturated heterocycles. The number of fused-ring (bicyclic) bond motifs is 3. The van der Waals surface area contributed by atoms with Gasteiger partial charge in [0.15, 0.2) is 11.6 Å². The van der Waals surface area contributed by atoms with Crippen molar-refractivity contribution in [1.29, 1.82) is 0 Å². The van der Waals surface area contributed by atoms with Gasteiger partial charge in [-0.25, -0.2) is 9.67 Å². The van der Waals surface area contributed by atoms with Gasteiger partial charge in [-0.15, -0.1) is 0 Å². The molecule has 0 amide bonds. The minimum absolute atomic E-state index is 0.752. The van der Waals surface area contributed by atoms with E-state index < -0.39 is 0 Å². The molecule has 0 spiro atoms. The molecular weight excluding hydrogens is 250 g/mol. The summed E-state index contributed by atoms with van der Waals surface area (Å²) < 4.78 is 7.21. The molecule has 0 aliphatic carbocycles. The Morgan fingerprint density at radius 2 is 1.95 bits per heavy atom. The number of ether oxygens (including phenoxy) is 1. The highest BCUT2D eigenvalue weighted by atomic mass is 16.5. The maximum absolute atomic E-state index is 5.26. The van der Waals surface area contributed by atoms with E-state index in [1.807, 2.05) is 47.1 Å². The molecule has 0 unspecified atom stereocenters. The van der Waals surface area contributed by atoms with Crippen LogP contribution < -0.4 is 4.74 Å². The molecule has 0 atom stereocenters. The average molecular weight is 263 g/mol. The molecular formula is C16H13N3O. The van der Waals surface area contributed by atoms with Crippen molar-refractivity contribution < 1.29 is 4.74 Å². The third kappa shape index (κ3) is 1.61. The first kappa shape index (κ1) is 11.2. The maximum atomic E-state index is 5.26. The fourth-order valence-electron chi connectivity index (χ4n) is 2.57. The zero-order valence-electron chi connectivity index (χ0n) is 11.1. The van der Waals surface area contributed by atoms with Gasteiger partial charge in [-0.1, -0.05) is 30.3 Å². The summed E-state index contributed by atoms with van der Waals surface area (Å²) in [7, 11) is 1.68. The Kier molecular flexibility index (Phi) is 2.36. The molecule has 1 aliphatic heterocycles. The second-order valence-electron chi connectivity index (χ2n) is 4.81. The predicted octanol–water partition coefficient (Wildman–Crippen LogP) is 2.98. The van der Waals surface area contributed by atoms with Gasteiger partial charge in [0.2, 0.25) is 0 Å². The number of nitrogens with zero attached hydrogens (tertiary/aromatic N) is 3. The molecule has 2 heterocycles. The van der Waals surface area contributed by atoms with E-state index in [9.17, 15) is 0 Å². The van der Waals surface area contributed by atoms with E-state index in [2.05, 4.69) is 16.1 Å². The van der Waals surface area contributed by atoms with Crippen LogP contribution in [0.3, 0.4) is 0 Å². The van der Waals surface area contributed by atoms with Crippen molar-refractivity contribution in [2.45, 2.75) is 6.54 Å². The predicted molar refractivity (Wildman–Crippen MR) is 76.5 cm³/mol. The Bertz CT molecular complexity index is 778. The van der Waals surface area contributed by atoms with E-state index in [1.54, 1.807) is 7.11 Å². The second kappa shape index (κ2) is 4.20. The van der Waals surface area contributed by atoms with Crippen molar-refractivity contribution in [2.75, 3.05) is 7.11 Å². The number of hydrogen-bond acceptors (Lipinski definition) is 3. The van der Waals surface area contributed by atoms with Crippen LogP contribution in [0.2, 0.25) is 0 Å². The summed E-state index contributed by atoms with van der Waals surface area (Å²) in [5.41, 5.74) is 3.39. The Balaban J connectivity index is 1.79. The van der Waals surface area contributed by atoms with Gasteiger partial charge in [0.1, 0.15) is 5.75 Å². The molecule has 0 radical (unpaired) electrons. The van der Waals surface area contributed by atoms with Crippen molar-refractivity contribution in [2.24, 2.45) is 0 Å². The van der Waals surface area contributed by atoms with Crippen molar-refractivity contribution in [1.82, 2.24) is 14.8 Å². The molecule has 4 rings (SSSR count). The van der Waals surface area contributed by atoms with Crippen molar-refractivity contribution in [3.05, 3.63) is 54.1 Å². The minimum Gasteiger partial charge on any atom is -0.497 e. The van der Waals surface area contributed by atoms with Gasteiger partial charge in [-0.2, -0.15) is 5.10 Å². The van der Waals surface area contributed by atoms with Crippen LogP contribution in [0.25, 0.3) is 22.8 Å². The monoisotopic (exact) mass is 263 g/mol. The van der Waals surface area contributed by atoms with E-state index in [0.717, 1.165) is 35.1 Å². The van der Waals surface area contributed by atoms with Gasteiger partial charge >= 0.3 is 0 Å². The molecule has 1 aliphatic rings. The lowest BCUT2D eigenvalue weighted by Crippen LogP contribution is -1.95. The zero-order valence-corrected chi connectivity index (χ0v) is 11.1. The zero-order chi connectivity index (χ0) is 13.5. The average Bonchev–Trinajstić information content (AvgIpc) is 3.05. The number of hydrogen-bond donors (Lipinski definition) is 0. The van der Waals surface area contributed by atoms with E-state index in [1.165, 1.54) is 5.56 Å². The highest BCUT2D eigenvalue weighted by molar-refractivity contribution is 5.68. The van der Waals surface area contributed by atoms with Crippen molar-refractivity contribution >= 4 is 0 Å². The van der Waals surface area contributed by atoms with Crippen LogP contribution in [0.1, 0.15) is 5.56 Å². The summed E-state index contributed by atoms with van der Waals surface area (Å²) in [5.74, 6) is 2.58. The molecule has 98 valence electrons. The lowest BCUT2D eigenvalue weighted by molar-refractivity contribution is 0.414. The molecule has 0 bridgehead atoms. The van der Waals surface area contributed by atoms with Crippen LogP contribution in [0, 0.1) is 0 Å². The third-order valence-electron chi connectivity index (χ3n) is 3.58. The lowest BCUT2D eigenvalue weighted by Gasteiger charge is -2.02. The summed E-state index contributed by atoms with van der Waals surface area (Å²) in [6.45, 7) is 0.752. The first-order valence-corrected chi connectivity index (χ1v) is 6.53. The third-order valence-corrected chi connectivity index (χ3v) is 3.58. The molecule has 4 heteroatoms. The lowest BCUT2D eigenvalue weighted by atomic mass is 10.1. The second-order valence-corrected chi connectivity index (χ2v) is 4.81. The molecule has 20 heavy (non-hydrogen) atoms. The quantitative estimate of drug-likeness (QED) is 0.558. The van der Waals surface area contributed by atoms with Crippen LogP contribution in [0.15, 0.2) is 48.5 Å². The van der Waals surface area contributed by atoms with Gasteiger partial charge in [0.05, 0.1) is 13.7 Å². The topological polar surface area (TPSA) is 39.9 Å². The highest BCUT2D eigenvalue weighted by Crippen LogP contribution is 2.33. The largest absolute Gasteiger partial charge is 0.497 e. The van der Waals surface area contributed by atoms with Gasteiger partial charge in [-0.05, 0) is 23.8 Å². The number of aromatic nitrogens is 3. The van der Waals surface area contributed by atoms with E-state index >= 15 is 0 Å². The molecule has 4 nitrogen and oxygen atoms in total. The number of rotatable bonds is 2. The van der Waals surface area contributed by atoms with E-state index in [4.69, 9.17) is 4.74 Å². The molecule has 3 aromatic rings. The summed E-state index contributed by atoms with van der Waals surface area (Å²) in [5, 5.41) is 4.60. The summed E-state index contributed by atoms with van der Waals surface area (Å²) in [6.07, 6.45) is 0. The van der Waals surface area contributed by atoms with Crippen LogP contribution in [-0.4, -0.2) is 21.9 Å². The van der Waals surface area contributed by atoms with E-state index in [-0.39, 0.29) is 0 Å². The highest BCUT2D eigenvalue weighted by Gasteiger charge is 2.23. The first-order valence-electron chi connectivity index (χ1n) is 6.53. The fraction of sp³-hybridized carbons (Fsp3) is 0.125. The van der Waals surface area contributed by atoms with Gasteiger partial charge in [0, 0.05) is 11.1 Å². The van der Waals surface area contributed by atoms with Crippen LogP contribution in [0.4, 0.5) is 0 Å². The summed E-state index contributed by atoms with van der Waals surface area (Å²) >= 11 is 0. The normalized spacial score (nSPS) is 12.1.